The van der Waals surface area contributed by atoms with Crippen LogP contribution in [0.15, 0.2) is 18.2 Å². The van der Waals surface area contributed by atoms with Crippen LogP contribution in [-0.4, -0.2) is 151 Å². The first kappa shape index (κ1) is 35.8. The van der Waals surface area contributed by atoms with Gasteiger partial charge >= 0.3 is 11.9 Å². The molecule has 17 heteroatoms. The molecule has 2 heterocycles. The monoisotopic (exact) mass is 635 g/mol. The highest BCUT2D eigenvalue weighted by atomic mass is 16.7. The fourth-order valence-corrected chi connectivity index (χ4v) is 5.38. The van der Waals surface area contributed by atoms with Gasteiger partial charge in [0.15, 0.2) is 12.1 Å². The number of quaternary nitrogens is 2. The summed E-state index contributed by atoms with van der Waals surface area (Å²) >= 11 is 0. The molecule has 12 N–H and O–H groups in total. The molecule has 1 aromatic rings. The summed E-state index contributed by atoms with van der Waals surface area (Å²) in [4.78, 5) is 24.8. The number of likely N-dealkylation sites (N-methyl/N-ethyl adjacent to an activating group) is 2. The number of rotatable bonds is 14. The van der Waals surface area contributed by atoms with E-state index in [9.17, 15) is 40.2 Å². The van der Waals surface area contributed by atoms with Crippen molar-refractivity contribution >= 4 is 17.6 Å². The summed E-state index contributed by atoms with van der Waals surface area (Å²) in [6.45, 7) is -0.561. The van der Waals surface area contributed by atoms with Gasteiger partial charge in [0.05, 0.1) is 46.6 Å². The number of aliphatic hydroxyl groups is 5. The topological polar surface area (TPSA) is 270 Å². The SMILES string of the molecule is C[NH2+]C1[C@H](O)OC(CO)[C@H](COC[C@@H]2OC(CO)[C@H](O)[C@H](OC(C)C(=O)OCOC(=O)c3cc(N)ccc3O)C2[NH2+]C)[C@@H]1O. The molecule has 0 saturated carbocycles. The summed E-state index contributed by atoms with van der Waals surface area (Å²) in [7, 11) is 3.37. The number of nitrogens with two attached hydrogens (primary N) is 3. The van der Waals surface area contributed by atoms with E-state index >= 15 is 0 Å². The number of benzene rings is 1. The Bertz CT molecular complexity index is 1080. The van der Waals surface area contributed by atoms with Crippen LogP contribution in [0.2, 0.25) is 0 Å². The predicted octanol–water partition coefficient (Wildman–Crippen LogP) is -5.65. The van der Waals surface area contributed by atoms with Crippen LogP contribution < -0.4 is 16.4 Å². The molecule has 0 radical (unpaired) electrons. The molecule has 0 aliphatic carbocycles. The van der Waals surface area contributed by atoms with E-state index in [2.05, 4.69) is 0 Å². The Balaban J connectivity index is 1.58. The molecule has 11 atom stereocenters. The van der Waals surface area contributed by atoms with Gasteiger partial charge in [-0.2, -0.15) is 0 Å². The number of nitrogen functional groups attached to an aromatic ring is 1. The van der Waals surface area contributed by atoms with Crippen LogP contribution in [0.25, 0.3) is 0 Å². The normalized spacial score (nSPS) is 33.0. The largest absolute Gasteiger partial charge is 0.507 e. The number of esters is 2. The lowest BCUT2D eigenvalue weighted by Gasteiger charge is -2.43. The maximum Gasteiger partial charge on any atom is 0.344 e. The Hall–Kier alpha value is -2.68. The minimum atomic E-state index is -1.34. The van der Waals surface area contributed by atoms with Gasteiger partial charge in [-0.1, -0.05) is 0 Å². The van der Waals surface area contributed by atoms with Crippen molar-refractivity contribution in [1.82, 2.24) is 0 Å². The van der Waals surface area contributed by atoms with Crippen molar-refractivity contribution in [3.05, 3.63) is 23.8 Å². The maximum absolute atomic E-state index is 12.6. The Labute approximate surface area is 253 Å². The van der Waals surface area contributed by atoms with Crippen LogP contribution >= 0.6 is 0 Å². The molecular formula is C27H45N3O14+2. The van der Waals surface area contributed by atoms with E-state index in [1.165, 1.54) is 25.1 Å². The molecule has 3 rings (SSSR count). The molecule has 0 aromatic heterocycles. The summed E-state index contributed by atoms with van der Waals surface area (Å²) < 4.78 is 32.9. The lowest BCUT2D eigenvalue weighted by atomic mass is 9.88. The van der Waals surface area contributed by atoms with E-state index in [1.807, 2.05) is 0 Å². The van der Waals surface area contributed by atoms with Gasteiger partial charge in [-0.25, -0.2) is 9.59 Å². The highest BCUT2D eigenvalue weighted by Crippen LogP contribution is 2.27. The van der Waals surface area contributed by atoms with Crippen molar-refractivity contribution in [2.75, 3.05) is 53.0 Å². The lowest BCUT2D eigenvalue weighted by Crippen LogP contribution is -2.94. The molecule has 1 aromatic carbocycles. The summed E-state index contributed by atoms with van der Waals surface area (Å²) in [6.07, 6.45) is -8.66. The Morgan fingerprint density at radius 2 is 1.64 bits per heavy atom. The molecule has 2 aliphatic rings. The van der Waals surface area contributed by atoms with Gasteiger partial charge in [0.1, 0.15) is 47.9 Å². The third kappa shape index (κ3) is 8.52. The molecule has 44 heavy (non-hydrogen) atoms. The highest BCUT2D eigenvalue weighted by molar-refractivity contribution is 5.93. The van der Waals surface area contributed by atoms with E-state index in [1.54, 1.807) is 24.7 Å². The highest BCUT2D eigenvalue weighted by Gasteiger charge is 2.50. The number of hydrogen-bond acceptors (Lipinski definition) is 15. The second-order valence-corrected chi connectivity index (χ2v) is 10.7. The molecule has 5 unspecified atom stereocenters. The number of aromatic hydroxyl groups is 1. The van der Waals surface area contributed by atoms with Gasteiger partial charge in [0.2, 0.25) is 13.1 Å². The van der Waals surface area contributed by atoms with Crippen LogP contribution in [-0.2, 0) is 33.2 Å². The van der Waals surface area contributed by atoms with Crippen molar-refractivity contribution in [1.29, 1.82) is 0 Å². The van der Waals surface area contributed by atoms with Crippen molar-refractivity contribution in [3.63, 3.8) is 0 Å². The van der Waals surface area contributed by atoms with Crippen LogP contribution in [0.1, 0.15) is 17.3 Å². The first-order chi connectivity index (χ1) is 21.0. The van der Waals surface area contributed by atoms with Gasteiger partial charge in [0, 0.05) is 11.6 Å². The molecule has 0 bridgehead atoms. The van der Waals surface area contributed by atoms with Gasteiger partial charge in [-0.05, 0) is 25.1 Å². The molecule has 250 valence electrons. The third-order valence-electron chi connectivity index (χ3n) is 7.88. The van der Waals surface area contributed by atoms with Gasteiger partial charge in [-0.3, -0.25) is 0 Å². The van der Waals surface area contributed by atoms with E-state index in [-0.39, 0.29) is 30.2 Å². The van der Waals surface area contributed by atoms with Gasteiger partial charge < -0.3 is 75.4 Å². The van der Waals surface area contributed by atoms with Gasteiger partial charge in [0.25, 0.3) is 0 Å². The predicted molar refractivity (Wildman–Crippen MR) is 147 cm³/mol. The molecule has 0 spiro atoms. The van der Waals surface area contributed by atoms with Crippen molar-refractivity contribution in [3.8, 4) is 5.75 Å². The van der Waals surface area contributed by atoms with E-state index in [0.717, 1.165) is 0 Å². The zero-order valence-electron chi connectivity index (χ0n) is 24.8. The van der Waals surface area contributed by atoms with Crippen LogP contribution in [0, 0.1) is 5.92 Å². The van der Waals surface area contributed by atoms with Crippen LogP contribution in [0.5, 0.6) is 5.75 Å². The van der Waals surface area contributed by atoms with E-state index in [4.69, 9.17) is 34.2 Å². The van der Waals surface area contributed by atoms with Crippen LogP contribution in [0.3, 0.4) is 0 Å². The second-order valence-electron chi connectivity index (χ2n) is 10.7. The molecule has 0 amide bonds. The summed E-state index contributed by atoms with van der Waals surface area (Å²) in [5.74, 6) is -2.92. The van der Waals surface area contributed by atoms with E-state index < -0.39 is 99.0 Å². The van der Waals surface area contributed by atoms with Crippen molar-refractivity contribution in [2.24, 2.45) is 5.92 Å². The molecule has 2 fully saturated rings. The molecule has 2 aliphatic heterocycles. The fraction of sp³-hybridized carbons (Fsp3) is 0.704. The fourth-order valence-electron chi connectivity index (χ4n) is 5.38. The maximum atomic E-state index is 12.6. The average molecular weight is 636 g/mol. The zero-order valence-corrected chi connectivity index (χ0v) is 24.8. The minimum Gasteiger partial charge on any atom is -0.507 e. The summed E-state index contributed by atoms with van der Waals surface area (Å²) in [5.41, 5.74) is 5.62. The number of aliphatic hydroxyl groups excluding tert-OH is 5. The number of anilines is 1. The lowest BCUT2D eigenvalue weighted by molar-refractivity contribution is -0.694. The summed E-state index contributed by atoms with van der Waals surface area (Å²) in [5, 5.41) is 64.4. The molecule has 2 saturated heterocycles. The van der Waals surface area contributed by atoms with Gasteiger partial charge in [-0.15, -0.1) is 0 Å². The first-order valence-electron chi connectivity index (χ1n) is 14.3. The summed E-state index contributed by atoms with van der Waals surface area (Å²) in [6, 6.07) is 2.50. The standard InChI is InChI=1S/C27H43N3O14/c1-12(25(36)40-11-41-26(37)14-6-13(28)4-5-16(14)33)42-24-20(29-2)19(43-18(8-32)23(24)35)10-39-9-15-17(7-31)44-27(38)21(30-3)22(15)34/h4-6,12,15,17-24,27,29-35,38H,7-11,28H2,1-3H3/p+2/t12?,15-,17?,18?,19-,20?,21?,22-,23-,24+,27+/m0/s1. The number of phenols is 1. The minimum absolute atomic E-state index is 0.0631. The Morgan fingerprint density at radius 3 is 2.27 bits per heavy atom. The molecular weight excluding hydrogens is 590 g/mol. The zero-order chi connectivity index (χ0) is 32.6. The third-order valence-corrected chi connectivity index (χ3v) is 7.88. The second kappa shape index (κ2) is 16.6. The van der Waals surface area contributed by atoms with Crippen molar-refractivity contribution < 1.29 is 79.3 Å². The first-order valence-corrected chi connectivity index (χ1v) is 14.3. The smallest absolute Gasteiger partial charge is 0.344 e. The van der Waals surface area contributed by atoms with Crippen LogP contribution in [0.4, 0.5) is 5.69 Å². The number of carbonyl (C=O) groups excluding carboxylic acids is 2. The number of phenolic OH excluding ortho intramolecular Hbond substituents is 1. The number of carbonyl (C=O) groups is 2. The molecule has 17 nitrogen and oxygen atoms in total. The Kier molecular flexibility index (Phi) is 13.5. The number of hydrogen-bond donors (Lipinski definition) is 9. The van der Waals surface area contributed by atoms with Crippen molar-refractivity contribution in [2.45, 2.75) is 68.0 Å². The Morgan fingerprint density at radius 1 is 0.955 bits per heavy atom. The van der Waals surface area contributed by atoms with E-state index in [0.29, 0.717) is 0 Å². The quantitative estimate of drug-likeness (QED) is 0.0399. The average Bonchev–Trinajstić information content (AvgIpc) is 3.00. The number of ether oxygens (including phenoxy) is 6.